The van der Waals surface area contributed by atoms with E-state index in [9.17, 15) is 30.7 Å². The third-order valence-corrected chi connectivity index (χ3v) is 5.85. The Kier molecular flexibility index (Phi) is 5.24. The van der Waals surface area contributed by atoms with Crippen molar-refractivity contribution in [2.75, 3.05) is 0 Å². The van der Waals surface area contributed by atoms with Gasteiger partial charge in [0.2, 0.25) is 23.8 Å². The molecule has 2 fully saturated rings. The monoisotopic (exact) mass is 467 g/mol. The summed E-state index contributed by atoms with van der Waals surface area (Å²) in [7, 11) is 0. The van der Waals surface area contributed by atoms with Crippen LogP contribution in [0.4, 0.5) is 30.7 Å². The average Bonchev–Trinajstić information content (AvgIpc) is 3.21. The molecule has 0 spiro atoms. The molecule has 3 aliphatic rings. The van der Waals surface area contributed by atoms with Crippen LogP contribution in [0.3, 0.4) is 0 Å². The number of nitrogens with two attached hydrogens (primary N) is 1. The highest BCUT2D eigenvalue weighted by atomic mass is 19.4. The minimum Gasteiger partial charge on any atom is -0.368 e. The molecular formula is C18H20F7N7. The molecule has 3 unspecified atom stereocenters. The number of hydrogen-bond donors (Lipinski definition) is 3. The quantitative estimate of drug-likeness (QED) is 0.594. The Balaban J connectivity index is 1.72. The largest absolute Gasteiger partial charge is 0.433 e. The van der Waals surface area contributed by atoms with Gasteiger partial charge in [0.25, 0.3) is 0 Å². The van der Waals surface area contributed by atoms with Crippen LogP contribution < -0.4 is 16.4 Å². The van der Waals surface area contributed by atoms with Crippen molar-refractivity contribution in [1.29, 1.82) is 0 Å². The molecule has 0 saturated heterocycles. The standard InChI is InChI=1S/C18H20F7N7/c19-15(20)4-1-9(7-15)17(12-27-6-3-11(29-12)18(23,24)25)31-13(26)30-14(32-17)28-10-2-5-16(21,22)8-10/h3,6,9-10H,1-2,4-5,7-8H2,(H4,26,28,30,31,32). The normalized spacial score (nSPS) is 31.6. The molecule has 32 heavy (non-hydrogen) atoms. The van der Waals surface area contributed by atoms with Crippen molar-refractivity contribution in [3.05, 3.63) is 23.8 Å². The lowest BCUT2D eigenvalue weighted by molar-refractivity contribution is -0.141. The minimum atomic E-state index is -4.81. The third kappa shape index (κ3) is 4.44. The van der Waals surface area contributed by atoms with E-state index >= 15 is 0 Å². The molecule has 1 aliphatic heterocycles. The summed E-state index contributed by atoms with van der Waals surface area (Å²) in [5, 5.41) is 5.48. The van der Waals surface area contributed by atoms with Gasteiger partial charge in [0.15, 0.2) is 11.5 Å². The third-order valence-electron chi connectivity index (χ3n) is 5.85. The fourth-order valence-corrected chi connectivity index (χ4v) is 4.38. The topological polar surface area (TPSA) is 101 Å². The smallest absolute Gasteiger partial charge is 0.368 e. The van der Waals surface area contributed by atoms with Gasteiger partial charge in [-0.05, 0) is 18.9 Å². The van der Waals surface area contributed by atoms with Crippen LogP contribution in [0, 0.1) is 5.92 Å². The lowest BCUT2D eigenvalue weighted by Gasteiger charge is -2.38. The van der Waals surface area contributed by atoms with Crippen molar-refractivity contribution in [1.82, 2.24) is 20.6 Å². The highest BCUT2D eigenvalue weighted by molar-refractivity contribution is 5.96. The Bertz CT molecular complexity index is 946. The first-order valence-corrected chi connectivity index (χ1v) is 9.93. The summed E-state index contributed by atoms with van der Waals surface area (Å²) in [6.45, 7) is 0. The molecule has 3 atom stereocenters. The molecule has 0 amide bonds. The van der Waals surface area contributed by atoms with Gasteiger partial charge in [-0.2, -0.15) is 18.2 Å². The van der Waals surface area contributed by atoms with Gasteiger partial charge in [-0.25, -0.2) is 32.5 Å². The van der Waals surface area contributed by atoms with E-state index in [0.29, 0.717) is 6.07 Å². The second-order valence-electron chi connectivity index (χ2n) is 8.32. The summed E-state index contributed by atoms with van der Waals surface area (Å²) in [6.07, 6.45) is -6.01. The number of aliphatic imine (C=N–C) groups is 2. The van der Waals surface area contributed by atoms with E-state index in [1.54, 1.807) is 0 Å². The van der Waals surface area contributed by atoms with E-state index < -0.39 is 72.4 Å². The van der Waals surface area contributed by atoms with Crippen LogP contribution in [0.25, 0.3) is 0 Å². The van der Waals surface area contributed by atoms with Crippen molar-refractivity contribution in [3.8, 4) is 0 Å². The molecule has 2 saturated carbocycles. The van der Waals surface area contributed by atoms with Gasteiger partial charge in [-0.3, -0.25) is 0 Å². The molecule has 0 aromatic carbocycles. The lowest BCUT2D eigenvalue weighted by atomic mass is 9.89. The fraction of sp³-hybridized carbons (Fsp3) is 0.667. The van der Waals surface area contributed by atoms with Gasteiger partial charge in [0.05, 0.1) is 0 Å². The Hall–Kier alpha value is -2.67. The second kappa shape index (κ2) is 7.44. The van der Waals surface area contributed by atoms with Gasteiger partial charge in [0, 0.05) is 43.8 Å². The highest BCUT2D eigenvalue weighted by Gasteiger charge is 2.54. The zero-order valence-electron chi connectivity index (χ0n) is 16.6. The number of nitrogens with zero attached hydrogens (tertiary/aromatic N) is 4. The number of halogens is 7. The highest BCUT2D eigenvalue weighted by Crippen LogP contribution is 2.48. The molecular weight excluding hydrogens is 447 g/mol. The number of aromatic nitrogens is 2. The molecule has 0 bridgehead atoms. The van der Waals surface area contributed by atoms with Crippen LogP contribution >= 0.6 is 0 Å². The fourth-order valence-electron chi connectivity index (χ4n) is 4.38. The van der Waals surface area contributed by atoms with E-state index in [0.717, 1.165) is 6.20 Å². The lowest BCUT2D eigenvalue weighted by Crippen LogP contribution is -2.59. The van der Waals surface area contributed by atoms with Crippen molar-refractivity contribution < 1.29 is 30.7 Å². The van der Waals surface area contributed by atoms with Crippen LogP contribution in [0.2, 0.25) is 0 Å². The van der Waals surface area contributed by atoms with Gasteiger partial charge in [-0.1, -0.05) is 0 Å². The average molecular weight is 467 g/mol. The second-order valence-corrected chi connectivity index (χ2v) is 8.32. The van der Waals surface area contributed by atoms with Crippen molar-refractivity contribution >= 4 is 11.9 Å². The molecule has 2 aliphatic carbocycles. The first-order chi connectivity index (χ1) is 14.8. The van der Waals surface area contributed by atoms with E-state index in [1.807, 2.05) is 0 Å². The minimum absolute atomic E-state index is 0.106. The predicted molar refractivity (Wildman–Crippen MR) is 98.9 cm³/mol. The Morgan fingerprint density at radius 3 is 2.34 bits per heavy atom. The van der Waals surface area contributed by atoms with Crippen LogP contribution in [-0.4, -0.2) is 39.8 Å². The first kappa shape index (κ1) is 22.5. The van der Waals surface area contributed by atoms with E-state index in [-0.39, 0.29) is 25.2 Å². The summed E-state index contributed by atoms with van der Waals surface area (Å²) >= 11 is 0. The van der Waals surface area contributed by atoms with Gasteiger partial charge >= 0.3 is 6.18 Å². The summed E-state index contributed by atoms with van der Waals surface area (Å²) < 4.78 is 95.0. The van der Waals surface area contributed by atoms with Crippen molar-refractivity contribution in [3.63, 3.8) is 0 Å². The molecule has 14 heteroatoms. The molecule has 4 N–H and O–H groups in total. The Labute approximate surface area is 177 Å². The summed E-state index contributed by atoms with van der Waals surface area (Å²) in [6, 6.07) is -0.0585. The van der Waals surface area contributed by atoms with Gasteiger partial charge in [-0.15, -0.1) is 0 Å². The maximum Gasteiger partial charge on any atom is 0.433 e. The van der Waals surface area contributed by atoms with E-state index in [4.69, 9.17) is 5.73 Å². The van der Waals surface area contributed by atoms with Crippen molar-refractivity contribution in [2.45, 2.75) is 68.3 Å². The molecule has 4 rings (SSSR count). The maximum atomic E-state index is 14.1. The van der Waals surface area contributed by atoms with E-state index in [2.05, 4.69) is 30.6 Å². The Morgan fingerprint density at radius 1 is 1.06 bits per heavy atom. The molecule has 2 heterocycles. The summed E-state index contributed by atoms with van der Waals surface area (Å²) in [4.78, 5) is 15.4. The van der Waals surface area contributed by atoms with Crippen molar-refractivity contribution in [2.24, 2.45) is 21.6 Å². The predicted octanol–water partition coefficient (Wildman–Crippen LogP) is 3.13. The summed E-state index contributed by atoms with van der Waals surface area (Å²) in [5.41, 5.74) is 2.54. The van der Waals surface area contributed by atoms with Gasteiger partial charge in [0.1, 0.15) is 5.69 Å². The number of alkyl halides is 7. The van der Waals surface area contributed by atoms with Crippen LogP contribution in [0.15, 0.2) is 22.2 Å². The van der Waals surface area contributed by atoms with Crippen LogP contribution in [0.5, 0.6) is 0 Å². The zero-order valence-corrected chi connectivity index (χ0v) is 16.6. The molecule has 1 aromatic heterocycles. The Morgan fingerprint density at radius 2 is 1.75 bits per heavy atom. The molecule has 176 valence electrons. The number of hydrogen-bond acceptors (Lipinski definition) is 7. The zero-order chi connectivity index (χ0) is 23.4. The summed E-state index contributed by atoms with van der Waals surface area (Å²) in [5.74, 6) is -8.06. The molecule has 7 nitrogen and oxygen atoms in total. The SMILES string of the molecule is NC1=NC(c2nccc(C(F)(F)F)n2)(C2CCC(F)(F)C2)NC(NC2CCC(F)(F)C2)=N1. The molecule has 1 aromatic rings. The molecule has 0 radical (unpaired) electrons. The van der Waals surface area contributed by atoms with Crippen LogP contribution in [-0.2, 0) is 11.8 Å². The van der Waals surface area contributed by atoms with Crippen LogP contribution in [0.1, 0.15) is 50.0 Å². The number of rotatable bonds is 3. The van der Waals surface area contributed by atoms with E-state index in [1.165, 1.54) is 0 Å². The number of nitrogens with one attached hydrogen (secondary N) is 2. The number of guanidine groups is 2. The van der Waals surface area contributed by atoms with Gasteiger partial charge < -0.3 is 16.4 Å². The first-order valence-electron chi connectivity index (χ1n) is 9.93. The maximum absolute atomic E-state index is 14.1.